The number of amides is 1. The number of methoxy groups -OCH3 is 2. The number of nitrogens with zero attached hydrogens (tertiary/aromatic N) is 2. The Morgan fingerprint density at radius 1 is 0.765 bits per heavy atom. The summed E-state index contributed by atoms with van der Waals surface area (Å²) in [5, 5.41) is 28.6. The van der Waals surface area contributed by atoms with Crippen molar-refractivity contribution in [2.75, 3.05) is 19.6 Å². The number of phenols is 2. The molecule has 176 valence electrons. The van der Waals surface area contributed by atoms with Crippen molar-refractivity contribution in [3.63, 3.8) is 0 Å². The van der Waals surface area contributed by atoms with Gasteiger partial charge in [0.2, 0.25) is 0 Å². The van der Waals surface area contributed by atoms with Gasteiger partial charge in [-0.3, -0.25) is 10.2 Å². The second-order valence-corrected chi connectivity index (χ2v) is 7.29. The molecule has 0 saturated heterocycles. The summed E-state index contributed by atoms with van der Waals surface area (Å²) in [6.45, 7) is 3.44. The predicted octanol–water partition coefficient (Wildman–Crippen LogP) is 4.11. The van der Waals surface area contributed by atoms with Crippen molar-refractivity contribution in [3.05, 3.63) is 77.4 Å². The van der Waals surface area contributed by atoms with Crippen LogP contribution in [0.25, 0.3) is 0 Å². The molecule has 0 bridgehead atoms. The number of ether oxygens (including phenoxy) is 2. The molecule has 0 aromatic heterocycles. The molecule has 0 aliphatic heterocycles. The molecule has 0 radical (unpaired) electrons. The topological polar surface area (TPSA) is 125 Å². The normalized spacial score (nSPS) is 11.6. The molecular formula is C25H26N4O5. The molecule has 0 fully saturated rings. The molecule has 3 aromatic rings. The lowest BCUT2D eigenvalue weighted by Gasteiger charge is -2.08. The summed E-state index contributed by atoms with van der Waals surface area (Å²) in [6, 6.07) is 16.5. The minimum atomic E-state index is -0.401. The van der Waals surface area contributed by atoms with Gasteiger partial charge >= 0.3 is 0 Å². The molecule has 0 spiro atoms. The van der Waals surface area contributed by atoms with Gasteiger partial charge in [-0.2, -0.15) is 10.2 Å². The van der Waals surface area contributed by atoms with Crippen LogP contribution in [0.4, 0.5) is 5.69 Å². The maximum absolute atomic E-state index is 12.4. The number of aromatic hydroxyl groups is 2. The minimum Gasteiger partial charge on any atom is -0.507 e. The highest BCUT2D eigenvalue weighted by Crippen LogP contribution is 2.25. The highest BCUT2D eigenvalue weighted by atomic mass is 16.5. The Balaban J connectivity index is 1.63. The van der Waals surface area contributed by atoms with Crippen LogP contribution in [0.2, 0.25) is 0 Å². The van der Waals surface area contributed by atoms with Crippen LogP contribution in [0.15, 0.2) is 70.9 Å². The molecule has 0 saturated carbocycles. The Labute approximate surface area is 197 Å². The van der Waals surface area contributed by atoms with E-state index >= 15 is 0 Å². The van der Waals surface area contributed by atoms with Gasteiger partial charge < -0.3 is 19.7 Å². The molecule has 4 N–H and O–H groups in total. The van der Waals surface area contributed by atoms with Crippen molar-refractivity contribution < 1.29 is 24.5 Å². The minimum absolute atomic E-state index is 0.00378. The summed E-state index contributed by atoms with van der Waals surface area (Å²) < 4.78 is 10.1. The molecule has 0 heterocycles. The zero-order valence-corrected chi connectivity index (χ0v) is 19.3. The molecule has 0 aliphatic carbocycles. The molecular weight excluding hydrogens is 436 g/mol. The maximum Gasteiger partial charge on any atom is 0.271 e. The fourth-order valence-electron chi connectivity index (χ4n) is 3.05. The second kappa shape index (κ2) is 10.9. The number of hydrogen-bond donors (Lipinski definition) is 4. The van der Waals surface area contributed by atoms with E-state index < -0.39 is 5.91 Å². The number of phenolic OH excluding ortho intramolecular Hbond substituents is 2. The van der Waals surface area contributed by atoms with Gasteiger partial charge in [0, 0.05) is 28.8 Å². The van der Waals surface area contributed by atoms with Crippen LogP contribution < -0.4 is 20.3 Å². The van der Waals surface area contributed by atoms with Crippen molar-refractivity contribution in [2.24, 2.45) is 10.2 Å². The van der Waals surface area contributed by atoms with E-state index in [4.69, 9.17) is 9.47 Å². The van der Waals surface area contributed by atoms with Crippen LogP contribution in [0.5, 0.6) is 23.0 Å². The van der Waals surface area contributed by atoms with E-state index in [1.54, 1.807) is 62.4 Å². The summed E-state index contributed by atoms with van der Waals surface area (Å²) in [7, 11) is 3.04. The number of benzene rings is 3. The first kappa shape index (κ1) is 24.1. The van der Waals surface area contributed by atoms with Crippen molar-refractivity contribution in [2.45, 2.75) is 13.8 Å². The Morgan fingerprint density at radius 3 is 1.74 bits per heavy atom. The third kappa shape index (κ3) is 5.83. The summed E-state index contributed by atoms with van der Waals surface area (Å²) in [6.07, 6.45) is 0. The first-order valence-corrected chi connectivity index (χ1v) is 10.3. The number of hydrogen-bond acceptors (Lipinski definition) is 8. The molecule has 9 heteroatoms. The fourth-order valence-corrected chi connectivity index (χ4v) is 3.05. The van der Waals surface area contributed by atoms with Gasteiger partial charge in [0.15, 0.2) is 0 Å². The lowest BCUT2D eigenvalue weighted by Crippen LogP contribution is -2.19. The fraction of sp³-hybridized carbons (Fsp3) is 0.160. The summed E-state index contributed by atoms with van der Waals surface area (Å²) in [4.78, 5) is 12.4. The van der Waals surface area contributed by atoms with Crippen LogP contribution in [0.1, 0.15) is 35.3 Å². The largest absolute Gasteiger partial charge is 0.507 e. The maximum atomic E-state index is 12.4. The van der Waals surface area contributed by atoms with E-state index in [0.717, 1.165) is 0 Å². The summed E-state index contributed by atoms with van der Waals surface area (Å²) >= 11 is 0. The molecule has 3 rings (SSSR count). The second-order valence-electron chi connectivity index (χ2n) is 7.29. The molecule has 0 unspecified atom stereocenters. The zero-order valence-electron chi connectivity index (χ0n) is 19.3. The molecule has 0 atom stereocenters. The monoisotopic (exact) mass is 462 g/mol. The Kier molecular flexibility index (Phi) is 7.71. The standard InChI is InChI=1S/C25H26N4O5/c1-15(21-11-9-19(33-3)13-23(21)30)26-28-18-7-5-17(6-8-18)25(32)29-27-16(2)22-12-10-20(34-4)14-24(22)31/h5-14,28,30-31H,1-4H3,(H,29,32)/b26-15-,27-16+. The average molecular weight is 463 g/mol. The van der Waals surface area contributed by atoms with E-state index in [0.29, 0.717) is 45.3 Å². The number of carbonyl (C=O) groups excluding carboxylic acids is 1. The van der Waals surface area contributed by atoms with E-state index in [1.165, 1.54) is 26.4 Å². The van der Waals surface area contributed by atoms with Crippen LogP contribution in [-0.4, -0.2) is 41.8 Å². The van der Waals surface area contributed by atoms with Gasteiger partial charge in [-0.05, 0) is 62.4 Å². The number of carbonyl (C=O) groups is 1. The highest BCUT2D eigenvalue weighted by molar-refractivity contribution is 6.03. The molecule has 0 aliphatic rings. The van der Waals surface area contributed by atoms with Crippen molar-refractivity contribution in [3.8, 4) is 23.0 Å². The Bertz CT molecular complexity index is 1240. The van der Waals surface area contributed by atoms with Gasteiger partial charge in [0.1, 0.15) is 23.0 Å². The first-order valence-electron chi connectivity index (χ1n) is 10.3. The first-order chi connectivity index (χ1) is 16.3. The number of anilines is 1. The van der Waals surface area contributed by atoms with Crippen LogP contribution in [0, 0.1) is 0 Å². The highest BCUT2D eigenvalue weighted by Gasteiger charge is 2.09. The van der Waals surface area contributed by atoms with Gasteiger partial charge in [0.05, 0.1) is 31.3 Å². The zero-order chi connectivity index (χ0) is 24.7. The quantitative estimate of drug-likeness (QED) is 0.295. The van der Waals surface area contributed by atoms with E-state index in [1.807, 2.05) is 0 Å². The Morgan fingerprint density at radius 2 is 1.26 bits per heavy atom. The number of nitrogens with one attached hydrogen (secondary N) is 2. The van der Waals surface area contributed by atoms with Gasteiger partial charge in [-0.15, -0.1) is 0 Å². The Hall–Kier alpha value is -4.53. The summed E-state index contributed by atoms with van der Waals surface area (Å²) in [5.74, 6) is 0.738. The molecule has 34 heavy (non-hydrogen) atoms. The summed E-state index contributed by atoms with van der Waals surface area (Å²) in [5.41, 5.74) is 8.51. The van der Waals surface area contributed by atoms with Crippen LogP contribution in [-0.2, 0) is 0 Å². The number of hydrazone groups is 2. The van der Waals surface area contributed by atoms with E-state index in [2.05, 4.69) is 21.1 Å². The van der Waals surface area contributed by atoms with E-state index in [9.17, 15) is 15.0 Å². The lowest BCUT2D eigenvalue weighted by molar-refractivity contribution is 0.0955. The molecule has 9 nitrogen and oxygen atoms in total. The molecule has 1 amide bonds. The predicted molar refractivity (Wildman–Crippen MR) is 131 cm³/mol. The van der Waals surface area contributed by atoms with Gasteiger partial charge in [-0.1, -0.05) is 0 Å². The van der Waals surface area contributed by atoms with Gasteiger partial charge in [0.25, 0.3) is 5.91 Å². The lowest BCUT2D eigenvalue weighted by atomic mass is 10.1. The van der Waals surface area contributed by atoms with Crippen LogP contribution >= 0.6 is 0 Å². The average Bonchev–Trinajstić information content (AvgIpc) is 2.85. The van der Waals surface area contributed by atoms with Crippen molar-refractivity contribution >= 4 is 23.0 Å². The molecule has 3 aromatic carbocycles. The van der Waals surface area contributed by atoms with E-state index in [-0.39, 0.29) is 11.5 Å². The van der Waals surface area contributed by atoms with Gasteiger partial charge in [-0.25, -0.2) is 5.43 Å². The third-order valence-corrected chi connectivity index (χ3v) is 5.01. The smallest absolute Gasteiger partial charge is 0.271 e. The SMILES string of the molecule is COc1ccc(/C(C)=N\Nc2ccc(C(=O)N/N=C(\C)c3ccc(OC)cc3O)cc2)c(O)c1. The van der Waals surface area contributed by atoms with Crippen LogP contribution in [0.3, 0.4) is 0 Å². The number of rotatable bonds is 8. The van der Waals surface area contributed by atoms with Crippen molar-refractivity contribution in [1.29, 1.82) is 0 Å². The van der Waals surface area contributed by atoms with Crippen molar-refractivity contribution in [1.82, 2.24) is 5.43 Å². The third-order valence-electron chi connectivity index (χ3n) is 5.01.